The minimum Gasteiger partial charge on any atom is -0.466 e. The fourth-order valence-corrected chi connectivity index (χ4v) is 2.57. The molecule has 1 aliphatic heterocycles. The number of hydroxylamine groups is 2. The number of rotatable bonds is 3. The molecule has 1 heterocycles. The van der Waals surface area contributed by atoms with Gasteiger partial charge in [0.15, 0.2) is 0 Å². The Labute approximate surface area is 97.9 Å². The Hall–Kier alpha value is -0.610. The van der Waals surface area contributed by atoms with Gasteiger partial charge in [-0.2, -0.15) is 5.06 Å². The maximum Gasteiger partial charge on any atom is 0.313 e. The van der Waals surface area contributed by atoms with Gasteiger partial charge in [0.2, 0.25) is 0 Å². The highest BCUT2D eigenvalue weighted by molar-refractivity contribution is 5.75. The quantitative estimate of drug-likeness (QED) is 0.692. The number of hydrogen-bond acceptors (Lipinski definition) is 4. The van der Waals surface area contributed by atoms with E-state index in [1.807, 2.05) is 27.8 Å². The number of esters is 1. The van der Waals surface area contributed by atoms with Crippen molar-refractivity contribution in [3.05, 3.63) is 0 Å². The zero-order valence-corrected chi connectivity index (χ0v) is 11.1. The molecule has 0 aromatic carbocycles. The zero-order chi connectivity index (χ0) is 12.5. The fraction of sp³-hybridized carbons (Fsp3) is 0.917. The molecule has 2 unspecified atom stereocenters. The van der Waals surface area contributed by atoms with Gasteiger partial charge in [-0.3, -0.25) is 9.63 Å². The van der Waals surface area contributed by atoms with Crippen LogP contribution in [0, 0.1) is 11.8 Å². The van der Waals surface area contributed by atoms with E-state index in [-0.39, 0.29) is 17.9 Å². The van der Waals surface area contributed by atoms with Crippen molar-refractivity contribution in [2.75, 3.05) is 13.7 Å². The smallest absolute Gasteiger partial charge is 0.313 e. The lowest BCUT2D eigenvalue weighted by Gasteiger charge is -2.27. The van der Waals surface area contributed by atoms with E-state index in [0.717, 1.165) is 0 Å². The van der Waals surface area contributed by atoms with Gasteiger partial charge in [0.25, 0.3) is 0 Å². The Balaban J connectivity index is 2.94. The second-order valence-electron chi connectivity index (χ2n) is 5.21. The SMILES string of the molecule is CCOC(=O)C1C(C(C)C)N(C)OC1(C)C. The largest absolute Gasteiger partial charge is 0.466 e. The predicted molar refractivity (Wildman–Crippen MR) is 61.7 cm³/mol. The molecule has 0 aliphatic carbocycles. The fourth-order valence-electron chi connectivity index (χ4n) is 2.57. The van der Waals surface area contributed by atoms with Crippen molar-refractivity contribution in [1.29, 1.82) is 0 Å². The van der Waals surface area contributed by atoms with Crippen LogP contribution in [0.1, 0.15) is 34.6 Å². The van der Waals surface area contributed by atoms with E-state index in [1.165, 1.54) is 0 Å². The lowest BCUT2D eigenvalue weighted by molar-refractivity contribution is -0.184. The maximum absolute atomic E-state index is 12.0. The van der Waals surface area contributed by atoms with Gasteiger partial charge in [0.1, 0.15) is 5.92 Å². The Bertz CT molecular complexity index is 263. The molecule has 1 rings (SSSR count). The van der Waals surface area contributed by atoms with E-state index in [1.54, 1.807) is 5.06 Å². The van der Waals surface area contributed by atoms with Crippen molar-refractivity contribution in [2.24, 2.45) is 11.8 Å². The van der Waals surface area contributed by atoms with Crippen molar-refractivity contribution in [3.8, 4) is 0 Å². The summed E-state index contributed by atoms with van der Waals surface area (Å²) in [6.45, 7) is 10.3. The minimum absolute atomic E-state index is 0.0778. The molecule has 0 spiro atoms. The van der Waals surface area contributed by atoms with Crippen LogP contribution in [0.15, 0.2) is 0 Å². The van der Waals surface area contributed by atoms with Crippen LogP contribution in [0.25, 0.3) is 0 Å². The third kappa shape index (κ3) is 2.38. The molecule has 0 saturated carbocycles. The van der Waals surface area contributed by atoms with Crippen molar-refractivity contribution >= 4 is 5.97 Å². The van der Waals surface area contributed by atoms with Crippen molar-refractivity contribution < 1.29 is 14.4 Å². The second kappa shape index (κ2) is 4.72. The molecule has 94 valence electrons. The van der Waals surface area contributed by atoms with E-state index < -0.39 is 5.60 Å². The average Bonchev–Trinajstić information content (AvgIpc) is 2.35. The molecule has 1 fully saturated rings. The maximum atomic E-state index is 12.0. The number of carbonyl (C=O) groups excluding carboxylic acids is 1. The van der Waals surface area contributed by atoms with Crippen LogP contribution in [-0.2, 0) is 14.4 Å². The predicted octanol–water partition coefficient (Wildman–Crippen LogP) is 1.85. The first-order valence-electron chi connectivity index (χ1n) is 5.89. The van der Waals surface area contributed by atoms with Gasteiger partial charge in [-0.15, -0.1) is 0 Å². The van der Waals surface area contributed by atoms with Crippen molar-refractivity contribution in [3.63, 3.8) is 0 Å². The summed E-state index contributed by atoms with van der Waals surface area (Å²) < 4.78 is 5.14. The summed E-state index contributed by atoms with van der Waals surface area (Å²) in [6, 6.07) is 0.0778. The molecule has 0 aromatic rings. The van der Waals surface area contributed by atoms with Crippen LogP contribution in [-0.4, -0.2) is 36.3 Å². The first-order valence-corrected chi connectivity index (χ1v) is 5.89. The summed E-state index contributed by atoms with van der Waals surface area (Å²) in [5.41, 5.74) is -0.490. The number of ether oxygens (including phenoxy) is 1. The molecular weight excluding hydrogens is 206 g/mol. The normalized spacial score (nSPS) is 29.7. The number of carbonyl (C=O) groups is 1. The summed E-state index contributed by atoms with van der Waals surface area (Å²) in [4.78, 5) is 17.7. The van der Waals surface area contributed by atoms with Crippen LogP contribution in [0.2, 0.25) is 0 Å². The minimum atomic E-state index is -0.490. The Kier molecular flexibility index (Phi) is 3.97. The molecule has 0 bridgehead atoms. The Morgan fingerprint density at radius 2 is 2.06 bits per heavy atom. The Morgan fingerprint density at radius 1 is 1.50 bits per heavy atom. The molecule has 16 heavy (non-hydrogen) atoms. The highest BCUT2D eigenvalue weighted by atomic mass is 16.7. The first kappa shape index (κ1) is 13.5. The summed E-state index contributed by atoms with van der Waals surface area (Å²) in [5, 5.41) is 1.80. The molecule has 2 atom stereocenters. The van der Waals surface area contributed by atoms with Gasteiger partial charge in [-0.1, -0.05) is 13.8 Å². The lowest BCUT2D eigenvalue weighted by Crippen LogP contribution is -2.42. The lowest BCUT2D eigenvalue weighted by atomic mass is 9.81. The topological polar surface area (TPSA) is 38.8 Å². The summed E-state index contributed by atoms with van der Waals surface area (Å²) >= 11 is 0. The molecule has 4 nitrogen and oxygen atoms in total. The van der Waals surface area contributed by atoms with Gasteiger partial charge in [-0.25, -0.2) is 0 Å². The average molecular weight is 229 g/mol. The van der Waals surface area contributed by atoms with Gasteiger partial charge in [0.05, 0.1) is 18.2 Å². The van der Waals surface area contributed by atoms with Crippen molar-refractivity contribution in [1.82, 2.24) is 5.06 Å². The van der Waals surface area contributed by atoms with E-state index >= 15 is 0 Å². The number of hydrogen-bond donors (Lipinski definition) is 0. The van der Waals surface area contributed by atoms with Crippen LogP contribution in [0.3, 0.4) is 0 Å². The van der Waals surface area contributed by atoms with Gasteiger partial charge in [-0.05, 0) is 26.7 Å². The number of nitrogens with zero attached hydrogens (tertiary/aromatic N) is 1. The van der Waals surface area contributed by atoms with Crippen LogP contribution < -0.4 is 0 Å². The summed E-state index contributed by atoms with van der Waals surface area (Å²) in [5.74, 6) is -0.0332. The molecule has 1 aliphatic rings. The standard InChI is InChI=1S/C12H23NO3/c1-7-15-11(14)9-10(8(2)3)13(6)16-12(9,4)5/h8-10H,7H2,1-6H3. The van der Waals surface area contributed by atoms with E-state index in [4.69, 9.17) is 9.57 Å². The first-order chi connectivity index (χ1) is 7.31. The highest BCUT2D eigenvalue weighted by Gasteiger charge is 2.53. The van der Waals surface area contributed by atoms with E-state index in [2.05, 4.69) is 13.8 Å². The zero-order valence-electron chi connectivity index (χ0n) is 11.1. The highest BCUT2D eigenvalue weighted by Crippen LogP contribution is 2.39. The van der Waals surface area contributed by atoms with E-state index in [9.17, 15) is 4.79 Å². The van der Waals surface area contributed by atoms with E-state index in [0.29, 0.717) is 12.5 Å². The molecule has 0 N–H and O–H groups in total. The second-order valence-corrected chi connectivity index (χ2v) is 5.21. The Morgan fingerprint density at radius 3 is 2.50 bits per heavy atom. The molecular formula is C12H23NO3. The summed E-state index contributed by atoms with van der Waals surface area (Å²) in [6.07, 6.45) is 0. The summed E-state index contributed by atoms with van der Waals surface area (Å²) in [7, 11) is 1.88. The third-order valence-electron chi connectivity index (χ3n) is 3.11. The van der Waals surface area contributed by atoms with Crippen LogP contribution in [0.4, 0.5) is 0 Å². The monoisotopic (exact) mass is 229 g/mol. The molecule has 1 saturated heterocycles. The van der Waals surface area contributed by atoms with Gasteiger partial charge >= 0.3 is 5.97 Å². The third-order valence-corrected chi connectivity index (χ3v) is 3.11. The molecule has 0 amide bonds. The molecule has 0 radical (unpaired) electrons. The molecule has 4 heteroatoms. The van der Waals surface area contributed by atoms with Crippen molar-refractivity contribution in [2.45, 2.75) is 46.3 Å². The van der Waals surface area contributed by atoms with Gasteiger partial charge in [0, 0.05) is 7.05 Å². The van der Waals surface area contributed by atoms with Crippen LogP contribution >= 0.6 is 0 Å². The van der Waals surface area contributed by atoms with Crippen LogP contribution in [0.5, 0.6) is 0 Å². The molecule has 0 aromatic heterocycles. The van der Waals surface area contributed by atoms with Gasteiger partial charge < -0.3 is 4.74 Å².